The van der Waals surface area contributed by atoms with Gasteiger partial charge in [-0.15, -0.1) is 0 Å². The highest BCUT2D eigenvalue weighted by molar-refractivity contribution is 4.85. The lowest BCUT2D eigenvalue weighted by molar-refractivity contribution is -0.185. The summed E-state index contributed by atoms with van der Waals surface area (Å²) in [7, 11) is 0. The zero-order valence-corrected chi connectivity index (χ0v) is 12.1. The van der Waals surface area contributed by atoms with E-state index in [1.807, 2.05) is 0 Å². The van der Waals surface area contributed by atoms with Crippen LogP contribution >= 0.6 is 0 Å². The number of alkyl halides is 3. The van der Waals surface area contributed by atoms with Crippen LogP contribution in [0.2, 0.25) is 0 Å². The van der Waals surface area contributed by atoms with Gasteiger partial charge in [-0.25, -0.2) is 0 Å². The van der Waals surface area contributed by atoms with E-state index in [-0.39, 0.29) is 12.8 Å². The average molecular weight is 294 g/mol. The second-order valence-electron chi connectivity index (χ2n) is 5.90. The Bertz CT molecular complexity index is 285. The van der Waals surface area contributed by atoms with E-state index in [1.165, 1.54) is 0 Å². The predicted octanol–water partition coefficient (Wildman–Crippen LogP) is 2.28. The van der Waals surface area contributed by atoms with Gasteiger partial charge in [0.1, 0.15) is 0 Å². The van der Waals surface area contributed by atoms with Gasteiger partial charge in [0, 0.05) is 25.1 Å². The average Bonchev–Trinajstić information content (AvgIpc) is 2.91. The molecule has 0 spiro atoms. The molecule has 118 valence electrons. The van der Waals surface area contributed by atoms with Crippen LogP contribution in [0.25, 0.3) is 0 Å². The number of piperidine rings is 1. The first-order valence-corrected chi connectivity index (χ1v) is 7.61. The number of hydrogen-bond acceptors (Lipinski definition) is 3. The molecule has 0 aromatic rings. The van der Waals surface area contributed by atoms with Crippen molar-refractivity contribution in [1.29, 1.82) is 0 Å². The van der Waals surface area contributed by atoms with Gasteiger partial charge in [0.05, 0.1) is 12.5 Å². The quantitative estimate of drug-likeness (QED) is 0.842. The molecular weight excluding hydrogens is 269 g/mol. The molecule has 2 aliphatic heterocycles. The molecule has 6 heteroatoms. The molecule has 2 unspecified atom stereocenters. The monoisotopic (exact) mass is 294 g/mol. The van der Waals surface area contributed by atoms with Gasteiger partial charge in [0.25, 0.3) is 0 Å². The molecule has 2 atom stereocenters. The Labute approximate surface area is 118 Å². The van der Waals surface area contributed by atoms with Crippen molar-refractivity contribution in [2.45, 2.75) is 38.4 Å². The number of nitrogens with one attached hydrogen (secondary N) is 1. The summed E-state index contributed by atoms with van der Waals surface area (Å²) < 4.78 is 43.4. The fourth-order valence-corrected chi connectivity index (χ4v) is 3.23. The smallest absolute Gasteiger partial charge is 0.381 e. The molecule has 0 aromatic heterocycles. The Kier molecular flexibility index (Phi) is 5.69. The lowest BCUT2D eigenvalue weighted by atomic mass is 9.94. The summed E-state index contributed by atoms with van der Waals surface area (Å²) in [5.41, 5.74) is 0. The van der Waals surface area contributed by atoms with Gasteiger partial charge in [0.2, 0.25) is 0 Å². The Balaban J connectivity index is 1.80. The molecular formula is C14H25F3N2O. The SMILES string of the molecule is CCNC(CN1CCC(C(F)(F)F)CC1)C1CCOC1. The van der Waals surface area contributed by atoms with E-state index < -0.39 is 12.1 Å². The summed E-state index contributed by atoms with van der Waals surface area (Å²) in [6.45, 7) is 6.49. The van der Waals surface area contributed by atoms with Gasteiger partial charge >= 0.3 is 6.18 Å². The van der Waals surface area contributed by atoms with Crippen molar-refractivity contribution in [2.24, 2.45) is 11.8 Å². The summed E-state index contributed by atoms with van der Waals surface area (Å²) in [6.07, 6.45) is -2.49. The Morgan fingerprint density at radius 3 is 2.45 bits per heavy atom. The summed E-state index contributed by atoms with van der Waals surface area (Å²) in [5.74, 6) is -0.610. The maximum absolute atomic E-state index is 12.6. The number of likely N-dealkylation sites (N-methyl/N-ethyl adjacent to an activating group) is 1. The highest BCUT2D eigenvalue weighted by Gasteiger charge is 2.41. The molecule has 2 heterocycles. The second kappa shape index (κ2) is 7.09. The van der Waals surface area contributed by atoms with Crippen molar-refractivity contribution in [3.05, 3.63) is 0 Å². The van der Waals surface area contributed by atoms with Crippen LogP contribution in [0.5, 0.6) is 0 Å². The minimum absolute atomic E-state index is 0.240. The molecule has 0 saturated carbocycles. The summed E-state index contributed by atoms with van der Waals surface area (Å²) in [6, 6.07) is 0.338. The van der Waals surface area contributed by atoms with Crippen molar-refractivity contribution in [3.8, 4) is 0 Å². The van der Waals surface area contributed by atoms with Crippen LogP contribution < -0.4 is 5.32 Å². The number of nitrogens with zero attached hydrogens (tertiary/aromatic N) is 1. The zero-order chi connectivity index (χ0) is 14.6. The number of ether oxygens (including phenoxy) is 1. The molecule has 0 aliphatic carbocycles. The molecule has 20 heavy (non-hydrogen) atoms. The molecule has 0 radical (unpaired) electrons. The van der Waals surface area contributed by atoms with Crippen molar-refractivity contribution < 1.29 is 17.9 Å². The molecule has 0 bridgehead atoms. The third kappa shape index (κ3) is 4.33. The molecule has 2 aliphatic rings. The largest absolute Gasteiger partial charge is 0.391 e. The maximum atomic E-state index is 12.6. The van der Waals surface area contributed by atoms with Crippen LogP contribution in [-0.4, -0.2) is 56.5 Å². The fourth-order valence-electron chi connectivity index (χ4n) is 3.23. The first kappa shape index (κ1) is 16.0. The number of hydrogen-bond donors (Lipinski definition) is 1. The third-order valence-electron chi connectivity index (χ3n) is 4.51. The molecule has 2 saturated heterocycles. The van der Waals surface area contributed by atoms with Crippen LogP contribution in [0.4, 0.5) is 13.2 Å². The summed E-state index contributed by atoms with van der Waals surface area (Å²) in [4.78, 5) is 2.17. The van der Waals surface area contributed by atoms with Gasteiger partial charge < -0.3 is 15.0 Å². The van der Waals surface area contributed by atoms with Crippen molar-refractivity contribution in [3.63, 3.8) is 0 Å². The van der Waals surface area contributed by atoms with E-state index >= 15 is 0 Å². The minimum Gasteiger partial charge on any atom is -0.381 e. The van der Waals surface area contributed by atoms with Crippen LogP contribution in [0.15, 0.2) is 0 Å². The first-order chi connectivity index (χ1) is 9.50. The van der Waals surface area contributed by atoms with E-state index in [0.717, 1.165) is 32.7 Å². The van der Waals surface area contributed by atoms with E-state index in [1.54, 1.807) is 0 Å². The minimum atomic E-state index is -4.02. The van der Waals surface area contributed by atoms with Crippen molar-refractivity contribution in [2.75, 3.05) is 39.4 Å². The van der Waals surface area contributed by atoms with E-state index in [2.05, 4.69) is 17.1 Å². The molecule has 3 nitrogen and oxygen atoms in total. The van der Waals surface area contributed by atoms with Gasteiger partial charge in [-0.05, 0) is 38.9 Å². The van der Waals surface area contributed by atoms with Crippen molar-refractivity contribution in [1.82, 2.24) is 10.2 Å². The number of halogens is 3. The van der Waals surface area contributed by atoms with Crippen LogP contribution in [0, 0.1) is 11.8 Å². The van der Waals surface area contributed by atoms with Gasteiger partial charge in [-0.2, -0.15) is 13.2 Å². The highest BCUT2D eigenvalue weighted by atomic mass is 19.4. The van der Waals surface area contributed by atoms with Crippen molar-refractivity contribution >= 4 is 0 Å². The molecule has 2 rings (SSSR count). The lowest BCUT2D eigenvalue weighted by Crippen LogP contribution is -2.49. The Hall–Kier alpha value is -0.330. The molecule has 0 aromatic carbocycles. The lowest BCUT2D eigenvalue weighted by Gasteiger charge is -2.36. The molecule has 0 amide bonds. The van der Waals surface area contributed by atoms with Gasteiger partial charge in [-0.1, -0.05) is 6.92 Å². The van der Waals surface area contributed by atoms with Gasteiger partial charge in [0.15, 0.2) is 0 Å². The predicted molar refractivity (Wildman–Crippen MR) is 71.6 cm³/mol. The third-order valence-corrected chi connectivity index (χ3v) is 4.51. The normalized spacial score (nSPS) is 27.9. The first-order valence-electron chi connectivity index (χ1n) is 7.61. The van der Waals surface area contributed by atoms with E-state index in [0.29, 0.717) is 25.0 Å². The zero-order valence-electron chi connectivity index (χ0n) is 12.1. The highest BCUT2D eigenvalue weighted by Crippen LogP contribution is 2.34. The van der Waals surface area contributed by atoms with Crippen LogP contribution in [-0.2, 0) is 4.74 Å². The number of likely N-dealkylation sites (tertiary alicyclic amines) is 1. The topological polar surface area (TPSA) is 24.5 Å². The summed E-state index contributed by atoms with van der Waals surface area (Å²) >= 11 is 0. The van der Waals surface area contributed by atoms with Crippen LogP contribution in [0.3, 0.4) is 0 Å². The summed E-state index contributed by atoms with van der Waals surface area (Å²) in [5, 5.41) is 3.47. The van der Waals surface area contributed by atoms with Gasteiger partial charge in [-0.3, -0.25) is 0 Å². The Morgan fingerprint density at radius 2 is 1.95 bits per heavy atom. The maximum Gasteiger partial charge on any atom is 0.391 e. The Morgan fingerprint density at radius 1 is 1.25 bits per heavy atom. The van der Waals surface area contributed by atoms with Crippen LogP contribution in [0.1, 0.15) is 26.2 Å². The molecule has 2 fully saturated rings. The van der Waals surface area contributed by atoms with E-state index in [9.17, 15) is 13.2 Å². The second-order valence-corrected chi connectivity index (χ2v) is 5.90. The standard InChI is InChI=1S/C14H25F3N2O/c1-2-18-13(11-5-8-20-10-11)9-19-6-3-12(4-7-19)14(15,16)17/h11-13,18H,2-10H2,1H3. The molecule has 1 N–H and O–H groups in total. The fraction of sp³-hybridized carbons (Fsp3) is 1.00. The van der Waals surface area contributed by atoms with E-state index in [4.69, 9.17) is 4.74 Å². The number of rotatable bonds is 5.